The zero-order valence-corrected chi connectivity index (χ0v) is 11.2. The molecule has 102 valence electrons. The van der Waals surface area contributed by atoms with Crippen molar-refractivity contribution in [1.29, 1.82) is 0 Å². The first-order valence-electron chi connectivity index (χ1n) is 6.45. The number of anilines is 1. The molecule has 2 rings (SSSR count). The van der Waals surface area contributed by atoms with Crippen LogP contribution < -0.4 is 16.0 Å². The van der Waals surface area contributed by atoms with Gasteiger partial charge in [-0.25, -0.2) is 0 Å². The van der Waals surface area contributed by atoms with E-state index in [2.05, 4.69) is 16.0 Å². The minimum absolute atomic E-state index is 0.0931. The Hall–Kier alpha value is -1.88. The van der Waals surface area contributed by atoms with Gasteiger partial charge < -0.3 is 16.0 Å². The standard InChI is InChI=1S/C14H19N3O2/c1-9(15-2)8-16-14(19)11-7-13(18)17-12-6-4-3-5-10(11)12/h3-6,9,11,15H,7-8H2,1-2H3,(H,16,19)(H,17,18). The summed E-state index contributed by atoms with van der Waals surface area (Å²) in [6, 6.07) is 7.65. The molecule has 1 aromatic carbocycles. The maximum absolute atomic E-state index is 12.2. The molecule has 0 aromatic heterocycles. The van der Waals surface area contributed by atoms with Gasteiger partial charge in [-0.2, -0.15) is 0 Å². The van der Waals surface area contributed by atoms with Gasteiger partial charge in [0.05, 0.1) is 5.92 Å². The molecule has 0 radical (unpaired) electrons. The smallest absolute Gasteiger partial charge is 0.228 e. The minimum atomic E-state index is -0.394. The van der Waals surface area contributed by atoms with Gasteiger partial charge in [0.15, 0.2) is 0 Å². The molecule has 0 bridgehead atoms. The zero-order chi connectivity index (χ0) is 13.8. The van der Waals surface area contributed by atoms with Gasteiger partial charge in [0.2, 0.25) is 11.8 Å². The van der Waals surface area contributed by atoms with Gasteiger partial charge in [-0.1, -0.05) is 18.2 Å². The third-order valence-corrected chi connectivity index (χ3v) is 3.39. The van der Waals surface area contributed by atoms with Crippen molar-refractivity contribution in [1.82, 2.24) is 10.6 Å². The number of hydrogen-bond donors (Lipinski definition) is 3. The monoisotopic (exact) mass is 261 g/mol. The molecule has 2 amide bonds. The van der Waals surface area contributed by atoms with Crippen LogP contribution in [0, 0.1) is 0 Å². The second-order valence-corrected chi connectivity index (χ2v) is 4.83. The van der Waals surface area contributed by atoms with E-state index in [-0.39, 0.29) is 24.3 Å². The Balaban J connectivity index is 2.11. The molecular formula is C14H19N3O2. The average Bonchev–Trinajstić information content (AvgIpc) is 2.43. The Bertz CT molecular complexity index is 487. The molecule has 2 atom stereocenters. The lowest BCUT2D eigenvalue weighted by Crippen LogP contribution is -2.41. The van der Waals surface area contributed by atoms with Crippen LogP contribution in [0.2, 0.25) is 0 Å². The zero-order valence-electron chi connectivity index (χ0n) is 11.2. The van der Waals surface area contributed by atoms with Crippen LogP contribution >= 0.6 is 0 Å². The maximum Gasteiger partial charge on any atom is 0.228 e. The molecule has 0 saturated carbocycles. The van der Waals surface area contributed by atoms with E-state index in [1.807, 2.05) is 38.2 Å². The number of likely N-dealkylation sites (N-methyl/N-ethyl adjacent to an activating group) is 1. The molecule has 0 spiro atoms. The van der Waals surface area contributed by atoms with Crippen LogP contribution in [-0.4, -0.2) is 31.4 Å². The van der Waals surface area contributed by atoms with E-state index < -0.39 is 5.92 Å². The fraction of sp³-hybridized carbons (Fsp3) is 0.429. The summed E-state index contributed by atoms with van der Waals surface area (Å²) in [4.78, 5) is 23.8. The molecule has 1 aliphatic heterocycles. The fourth-order valence-corrected chi connectivity index (χ4v) is 2.12. The van der Waals surface area contributed by atoms with E-state index in [1.165, 1.54) is 0 Å². The third kappa shape index (κ3) is 3.12. The number of benzene rings is 1. The molecule has 1 aliphatic rings. The van der Waals surface area contributed by atoms with E-state index in [4.69, 9.17) is 0 Å². The van der Waals surface area contributed by atoms with Crippen molar-refractivity contribution in [3.8, 4) is 0 Å². The quantitative estimate of drug-likeness (QED) is 0.752. The first kappa shape index (κ1) is 13.5. The lowest BCUT2D eigenvalue weighted by Gasteiger charge is -2.25. The Morgan fingerprint density at radius 2 is 2.21 bits per heavy atom. The Kier molecular flexibility index (Phi) is 4.16. The van der Waals surface area contributed by atoms with Crippen LogP contribution in [0.25, 0.3) is 0 Å². The van der Waals surface area contributed by atoms with Crippen molar-refractivity contribution in [3.05, 3.63) is 29.8 Å². The summed E-state index contributed by atoms with van der Waals surface area (Å²) in [6.45, 7) is 2.54. The molecule has 5 nitrogen and oxygen atoms in total. The molecular weight excluding hydrogens is 242 g/mol. The van der Waals surface area contributed by atoms with Crippen LogP contribution in [0.4, 0.5) is 5.69 Å². The highest BCUT2D eigenvalue weighted by Gasteiger charge is 2.30. The lowest BCUT2D eigenvalue weighted by molar-refractivity contribution is -0.126. The van der Waals surface area contributed by atoms with Gasteiger partial charge in [-0.3, -0.25) is 9.59 Å². The van der Waals surface area contributed by atoms with Gasteiger partial charge in [0.25, 0.3) is 0 Å². The molecule has 0 aliphatic carbocycles. The van der Waals surface area contributed by atoms with Crippen LogP contribution in [0.15, 0.2) is 24.3 Å². The van der Waals surface area contributed by atoms with Crippen LogP contribution in [0.5, 0.6) is 0 Å². The number of nitrogens with one attached hydrogen (secondary N) is 3. The van der Waals surface area contributed by atoms with Crippen molar-refractivity contribution in [3.63, 3.8) is 0 Å². The third-order valence-electron chi connectivity index (χ3n) is 3.39. The largest absolute Gasteiger partial charge is 0.354 e. The van der Waals surface area contributed by atoms with E-state index in [0.29, 0.717) is 6.54 Å². The molecule has 0 saturated heterocycles. The summed E-state index contributed by atoms with van der Waals surface area (Å²) in [5, 5.41) is 8.73. The summed E-state index contributed by atoms with van der Waals surface area (Å²) < 4.78 is 0. The SMILES string of the molecule is CNC(C)CNC(=O)C1CC(=O)Nc2ccccc21. The number of amides is 2. The Morgan fingerprint density at radius 3 is 2.95 bits per heavy atom. The highest BCUT2D eigenvalue weighted by molar-refractivity contribution is 6.01. The lowest BCUT2D eigenvalue weighted by atomic mass is 9.90. The van der Waals surface area contributed by atoms with Gasteiger partial charge >= 0.3 is 0 Å². The number of rotatable bonds is 4. The molecule has 3 N–H and O–H groups in total. The van der Waals surface area contributed by atoms with E-state index in [1.54, 1.807) is 0 Å². The second-order valence-electron chi connectivity index (χ2n) is 4.83. The normalized spacial score (nSPS) is 19.3. The fourth-order valence-electron chi connectivity index (χ4n) is 2.12. The predicted molar refractivity (Wildman–Crippen MR) is 74.0 cm³/mol. The van der Waals surface area contributed by atoms with Crippen molar-refractivity contribution in [2.75, 3.05) is 18.9 Å². The van der Waals surface area contributed by atoms with Crippen molar-refractivity contribution in [2.45, 2.75) is 25.3 Å². The van der Waals surface area contributed by atoms with Crippen LogP contribution in [0.1, 0.15) is 24.8 Å². The second kappa shape index (κ2) is 5.84. The average molecular weight is 261 g/mol. The Morgan fingerprint density at radius 1 is 1.47 bits per heavy atom. The molecule has 19 heavy (non-hydrogen) atoms. The summed E-state index contributed by atoms with van der Waals surface area (Å²) in [6.07, 6.45) is 0.205. The molecule has 1 heterocycles. The van der Waals surface area contributed by atoms with Crippen LogP contribution in [-0.2, 0) is 9.59 Å². The molecule has 1 aromatic rings. The number of fused-ring (bicyclic) bond motifs is 1. The molecule has 5 heteroatoms. The van der Waals surface area contributed by atoms with E-state index >= 15 is 0 Å². The topological polar surface area (TPSA) is 70.2 Å². The number of carbonyl (C=O) groups is 2. The van der Waals surface area contributed by atoms with Crippen molar-refractivity contribution < 1.29 is 9.59 Å². The Labute approximate surface area is 112 Å². The minimum Gasteiger partial charge on any atom is -0.354 e. The number of hydrogen-bond acceptors (Lipinski definition) is 3. The van der Waals surface area contributed by atoms with Gasteiger partial charge in [0, 0.05) is 24.7 Å². The predicted octanol–water partition coefficient (Wildman–Crippen LogP) is 0.836. The molecule has 0 fully saturated rings. The molecule has 2 unspecified atom stereocenters. The number of para-hydroxylation sites is 1. The van der Waals surface area contributed by atoms with Gasteiger partial charge in [0.1, 0.15) is 0 Å². The summed E-state index contributed by atoms with van der Waals surface area (Å²) in [7, 11) is 1.85. The summed E-state index contributed by atoms with van der Waals surface area (Å²) >= 11 is 0. The summed E-state index contributed by atoms with van der Waals surface area (Å²) in [5.74, 6) is -0.598. The van der Waals surface area contributed by atoms with Crippen molar-refractivity contribution >= 4 is 17.5 Å². The van der Waals surface area contributed by atoms with E-state index in [0.717, 1.165) is 11.3 Å². The highest BCUT2D eigenvalue weighted by atomic mass is 16.2. The first-order valence-corrected chi connectivity index (χ1v) is 6.45. The maximum atomic E-state index is 12.2. The van der Waals surface area contributed by atoms with Gasteiger partial charge in [-0.05, 0) is 25.6 Å². The highest BCUT2D eigenvalue weighted by Crippen LogP contribution is 2.31. The van der Waals surface area contributed by atoms with Crippen molar-refractivity contribution in [2.24, 2.45) is 0 Å². The first-order chi connectivity index (χ1) is 9.11. The van der Waals surface area contributed by atoms with E-state index in [9.17, 15) is 9.59 Å². The van der Waals surface area contributed by atoms with Gasteiger partial charge in [-0.15, -0.1) is 0 Å². The van der Waals surface area contributed by atoms with Crippen LogP contribution in [0.3, 0.4) is 0 Å². The number of carbonyl (C=O) groups excluding carboxylic acids is 2. The summed E-state index contributed by atoms with van der Waals surface area (Å²) in [5.41, 5.74) is 1.62.